The van der Waals surface area contributed by atoms with Crippen LogP contribution < -0.4 is 20.3 Å². The predicted octanol–water partition coefficient (Wildman–Crippen LogP) is 5.03. The van der Waals surface area contributed by atoms with Gasteiger partial charge in [-0.2, -0.15) is 0 Å². The fourth-order valence-electron chi connectivity index (χ4n) is 3.28. The van der Waals surface area contributed by atoms with Gasteiger partial charge in [-0.15, -0.1) is 0 Å². The molecule has 3 aromatic rings. The zero-order chi connectivity index (χ0) is 22.8. The van der Waals surface area contributed by atoms with Crippen molar-refractivity contribution in [1.82, 2.24) is 10.9 Å². The molecule has 0 aliphatic rings. The van der Waals surface area contributed by atoms with Gasteiger partial charge >= 0.3 is 0 Å². The number of fused-ring (bicyclic) bond motifs is 1. The summed E-state index contributed by atoms with van der Waals surface area (Å²) in [5, 5.41) is 2.12. The van der Waals surface area contributed by atoms with Crippen LogP contribution in [0, 0.1) is 0 Å². The number of benzene rings is 3. The molecule has 3 rings (SSSR count). The Morgan fingerprint density at radius 2 is 1.62 bits per heavy atom. The van der Waals surface area contributed by atoms with Crippen molar-refractivity contribution in [3.05, 3.63) is 72.3 Å². The van der Waals surface area contributed by atoms with E-state index in [0.717, 1.165) is 36.5 Å². The lowest BCUT2D eigenvalue weighted by molar-refractivity contribution is -0.128. The number of nitrogens with one attached hydrogen (secondary N) is 2. The van der Waals surface area contributed by atoms with E-state index in [0.29, 0.717) is 23.7 Å². The van der Waals surface area contributed by atoms with Crippen LogP contribution in [0.15, 0.2) is 66.7 Å². The molecule has 1 unspecified atom stereocenters. The Kier molecular flexibility index (Phi) is 8.49. The zero-order valence-corrected chi connectivity index (χ0v) is 18.6. The highest BCUT2D eigenvalue weighted by atomic mass is 16.5. The van der Waals surface area contributed by atoms with E-state index in [-0.39, 0.29) is 0 Å². The minimum Gasteiger partial charge on any atom is -0.493 e. The molecular formula is C26H30N2O4. The zero-order valence-electron chi connectivity index (χ0n) is 18.6. The van der Waals surface area contributed by atoms with Crippen molar-refractivity contribution in [2.45, 2.75) is 45.6 Å². The normalized spacial score (nSPS) is 11.6. The molecule has 0 fully saturated rings. The third-order valence-corrected chi connectivity index (χ3v) is 5.09. The van der Waals surface area contributed by atoms with Crippen molar-refractivity contribution < 1.29 is 19.1 Å². The lowest BCUT2D eigenvalue weighted by Crippen LogP contribution is -2.47. The van der Waals surface area contributed by atoms with Crippen LogP contribution in [0.5, 0.6) is 11.5 Å². The first-order valence-corrected chi connectivity index (χ1v) is 11.1. The Morgan fingerprint density at radius 3 is 2.44 bits per heavy atom. The summed E-state index contributed by atoms with van der Waals surface area (Å²) in [5.74, 6) is 0.181. The van der Waals surface area contributed by atoms with E-state index in [4.69, 9.17) is 9.47 Å². The maximum absolute atomic E-state index is 12.6. The molecule has 6 heteroatoms. The number of rotatable bonds is 10. The maximum atomic E-state index is 12.6. The predicted molar refractivity (Wildman–Crippen MR) is 126 cm³/mol. The van der Waals surface area contributed by atoms with Gasteiger partial charge in [-0.1, -0.05) is 68.7 Å². The molecule has 0 aliphatic heterocycles. The van der Waals surface area contributed by atoms with Gasteiger partial charge in [0.2, 0.25) is 0 Å². The number of carbonyl (C=O) groups excluding carboxylic acids is 2. The van der Waals surface area contributed by atoms with Crippen LogP contribution >= 0.6 is 0 Å². The number of hydrogen-bond acceptors (Lipinski definition) is 4. The maximum Gasteiger partial charge on any atom is 0.279 e. The first-order chi connectivity index (χ1) is 15.6. The second-order valence-corrected chi connectivity index (χ2v) is 7.62. The van der Waals surface area contributed by atoms with Gasteiger partial charge in [0.1, 0.15) is 11.5 Å². The number of carbonyl (C=O) groups is 2. The molecular weight excluding hydrogens is 404 g/mol. The van der Waals surface area contributed by atoms with Gasteiger partial charge < -0.3 is 9.47 Å². The molecule has 0 spiro atoms. The fourth-order valence-corrected chi connectivity index (χ4v) is 3.28. The molecule has 0 heterocycles. The summed E-state index contributed by atoms with van der Waals surface area (Å²) in [5.41, 5.74) is 5.25. The molecule has 0 saturated heterocycles. The highest BCUT2D eigenvalue weighted by Crippen LogP contribution is 2.21. The number of ether oxygens (including phenoxy) is 2. The Morgan fingerprint density at radius 1 is 0.875 bits per heavy atom. The van der Waals surface area contributed by atoms with Crippen LogP contribution in [-0.4, -0.2) is 24.5 Å². The minimum atomic E-state index is -0.790. The molecule has 0 bridgehead atoms. The lowest BCUT2D eigenvalue weighted by Gasteiger charge is -2.16. The number of hydrogen-bond donors (Lipinski definition) is 2. The molecule has 3 aromatic carbocycles. The minimum absolute atomic E-state index is 0.367. The summed E-state index contributed by atoms with van der Waals surface area (Å²) in [4.78, 5) is 25.0. The van der Waals surface area contributed by atoms with Crippen LogP contribution in [-0.2, 0) is 4.79 Å². The molecule has 2 amide bonds. The van der Waals surface area contributed by atoms with E-state index in [1.54, 1.807) is 25.1 Å². The van der Waals surface area contributed by atoms with E-state index in [2.05, 4.69) is 17.8 Å². The van der Waals surface area contributed by atoms with Gasteiger partial charge in [-0.25, -0.2) is 0 Å². The fraction of sp³-hybridized carbons (Fsp3) is 0.308. The summed E-state index contributed by atoms with van der Waals surface area (Å²) in [7, 11) is 0. The molecule has 0 saturated carbocycles. The molecule has 6 nitrogen and oxygen atoms in total. The topological polar surface area (TPSA) is 76.7 Å². The van der Waals surface area contributed by atoms with Crippen molar-refractivity contribution in [3.63, 3.8) is 0 Å². The quantitative estimate of drug-likeness (QED) is 0.347. The lowest BCUT2D eigenvalue weighted by atomic mass is 10.1. The van der Waals surface area contributed by atoms with E-state index < -0.39 is 17.9 Å². The van der Waals surface area contributed by atoms with Gasteiger partial charge in [0.05, 0.1) is 12.2 Å². The van der Waals surface area contributed by atoms with Crippen LogP contribution in [0.25, 0.3) is 10.8 Å². The van der Waals surface area contributed by atoms with E-state index in [9.17, 15) is 9.59 Å². The second-order valence-electron chi connectivity index (χ2n) is 7.62. The van der Waals surface area contributed by atoms with E-state index in [1.807, 2.05) is 48.5 Å². The average Bonchev–Trinajstić information content (AvgIpc) is 2.82. The van der Waals surface area contributed by atoms with E-state index in [1.165, 1.54) is 0 Å². The third-order valence-electron chi connectivity index (χ3n) is 5.09. The van der Waals surface area contributed by atoms with Crippen molar-refractivity contribution in [2.75, 3.05) is 6.61 Å². The Bertz CT molecular complexity index is 1050. The number of para-hydroxylation sites is 1. The summed E-state index contributed by atoms with van der Waals surface area (Å²) in [6.45, 7) is 4.33. The first-order valence-electron chi connectivity index (χ1n) is 11.1. The molecule has 0 aromatic heterocycles. The highest BCUT2D eigenvalue weighted by molar-refractivity contribution is 5.98. The largest absolute Gasteiger partial charge is 0.493 e. The second kappa shape index (κ2) is 11.7. The summed E-state index contributed by atoms with van der Waals surface area (Å²) in [6, 6.07) is 20.5. The molecule has 32 heavy (non-hydrogen) atoms. The average molecular weight is 435 g/mol. The summed E-state index contributed by atoms with van der Waals surface area (Å²) in [6.07, 6.45) is 3.56. The van der Waals surface area contributed by atoms with Crippen molar-refractivity contribution in [2.24, 2.45) is 0 Å². The highest BCUT2D eigenvalue weighted by Gasteiger charge is 2.17. The summed E-state index contributed by atoms with van der Waals surface area (Å²) >= 11 is 0. The Balaban J connectivity index is 1.52. The van der Waals surface area contributed by atoms with Crippen molar-refractivity contribution in [3.8, 4) is 11.5 Å². The standard InChI is InChI=1S/C26H30N2O4/c1-3-4-5-10-17-31-24-14-9-8-13-23(24)26(30)28-27-25(29)19(2)32-22-16-15-20-11-6-7-12-21(20)18-22/h6-9,11-16,18-19H,3-5,10,17H2,1-2H3,(H,27,29)(H,28,30). The van der Waals surface area contributed by atoms with Crippen LogP contribution in [0.4, 0.5) is 0 Å². The van der Waals surface area contributed by atoms with E-state index >= 15 is 0 Å². The molecule has 0 aliphatic carbocycles. The van der Waals surface area contributed by atoms with Crippen LogP contribution in [0.1, 0.15) is 49.9 Å². The van der Waals surface area contributed by atoms with Crippen molar-refractivity contribution >= 4 is 22.6 Å². The number of unbranched alkanes of at least 4 members (excludes halogenated alkanes) is 3. The molecule has 168 valence electrons. The van der Waals surface area contributed by atoms with Gasteiger partial charge in [0.15, 0.2) is 6.10 Å². The van der Waals surface area contributed by atoms with Gasteiger partial charge in [-0.05, 0) is 48.4 Å². The number of amides is 2. The SMILES string of the molecule is CCCCCCOc1ccccc1C(=O)NNC(=O)C(C)Oc1ccc2ccccc2c1. The van der Waals surface area contributed by atoms with Gasteiger partial charge in [0, 0.05) is 0 Å². The van der Waals surface area contributed by atoms with Gasteiger partial charge in [-0.3, -0.25) is 20.4 Å². The first kappa shape index (κ1) is 23.1. The Hall–Kier alpha value is -3.54. The molecule has 1 atom stereocenters. The van der Waals surface area contributed by atoms with Gasteiger partial charge in [0.25, 0.3) is 11.8 Å². The smallest absolute Gasteiger partial charge is 0.279 e. The monoisotopic (exact) mass is 434 g/mol. The van der Waals surface area contributed by atoms with Crippen LogP contribution in [0.2, 0.25) is 0 Å². The Labute approximate surface area is 188 Å². The van der Waals surface area contributed by atoms with Crippen LogP contribution in [0.3, 0.4) is 0 Å². The molecule has 0 radical (unpaired) electrons. The third kappa shape index (κ3) is 6.48. The molecule has 2 N–H and O–H groups in total. The summed E-state index contributed by atoms with van der Waals surface area (Å²) < 4.78 is 11.5. The number of hydrazine groups is 1. The van der Waals surface area contributed by atoms with Crippen molar-refractivity contribution in [1.29, 1.82) is 0 Å².